The Morgan fingerprint density at radius 1 is 1.58 bits per heavy atom. The first-order valence-electron chi connectivity index (χ1n) is 4.46. The van der Waals surface area contributed by atoms with Crippen LogP contribution in [0, 0.1) is 5.92 Å². The van der Waals surface area contributed by atoms with Crippen LogP contribution in [0.15, 0.2) is 22.8 Å². The lowest BCUT2D eigenvalue weighted by atomic mass is 9.86. The Bertz CT molecular complexity index is 246. The minimum absolute atomic E-state index is 0.584. The highest BCUT2D eigenvalue weighted by Gasteiger charge is 2.13. The van der Waals surface area contributed by atoms with Gasteiger partial charge in [0.2, 0.25) is 0 Å². The van der Waals surface area contributed by atoms with Gasteiger partial charge in [-0.25, -0.2) is 0 Å². The lowest BCUT2D eigenvalue weighted by Gasteiger charge is -2.20. The molecule has 0 radical (unpaired) electrons. The van der Waals surface area contributed by atoms with Crippen molar-refractivity contribution in [3.05, 3.63) is 22.8 Å². The Kier molecular flexibility index (Phi) is 2.85. The number of aldehydes is 1. The van der Waals surface area contributed by atoms with Gasteiger partial charge in [0, 0.05) is 6.42 Å². The molecule has 0 heterocycles. The summed E-state index contributed by atoms with van der Waals surface area (Å²) in [4.78, 5) is 10.4. The van der Waals surface area contributed by atoms with E-state index in [1.54, 1.807) is 0 Å². The van der Waals surface area contributed by atoms with E-state index < -0.39 is 0 Å². The van der Waals surface area contributed by atoms with Crippen LogP contribution >= 0.6 is 0 Å². The van der Waals surface area contributed by atoms with Gasteiger partial charge in [-0.3, -0.25) is 0 Å². The molecule has 1 rings (SSSR count). The molecule has 0 fully saturated rings. The molecule has 1 unspecified atom stereocenters. The summed E-state index contributed by atoms with van der Waals surface area (Å²) >= 11 is 0. The number of hydrogen-bond donors (Lipinski definition) is 0. The van der Waals surface area contributed by atoms with Crippen molar-refractivity contribution in [1.29, 1.82) is 0 Å². The zero-order valence-electron chi connectivity index (χ0n) is 8.05. The molecule has 0 aromatic heterocycles. The van der Waals surface area contributed by atoms with Crippen molar-refractivity contribution in [3.8, 4) is 0 Å². The molecule has 1 nitrogen and oxygen atoms in total. The monoisotopic (exact) mass is 164 g/mol. The topological polar surface area (TPSA) is 17.1 Å². The van der Waals surface area contributed by atoms with E-state index in [0.29, 0.717) is 12.3 Å². The van der Waals surface area contributed by atoms with E-state index in [4.69, 9.17) is 0 Å². The molecule has 0 saturated heterocycles. The van der Waals surface area contributed by atoms with Crippen LogP contribution in [-0.2, 0) is 4.79 Å². The van der Waals surface area contributed by atoms with Crippen molar-refractivity contribution >= 4 is 6.29 Å². The van der Waals surface area contributed by atoms with Crippen molar-refractivity contribution in [2.45, 2.75) is 33.6 Å². The molecule has 1 atom stereocenters. The van der Waals surface area contributed by atoms with Crippen LogP contribution in [0.2, 0.25) is 0 Å². The van der Waals surface area contributed by atoms with Gasteiger partial charge in [0.15, 0.2) is 0 Å². The maximum Gasteiger partial charge on any atom is 0.124 e. The molecule has 0 saturated carbocycles. The molecule has 1 aliphatic rings. The molecular weight excluding hydrogens is 148 g/mol. The third-order valence-electron chi connectivity index (χ3n) is 2.44. The number of allylic oxidation sites excluding steroid dienone is 4. The molecule has 0 aliphatic heterocycles. The number of carbonyl (C=O) groups is 1. The molecule has 1 heteroatoms. The average Bonchev–Trinajstić information content (AvgIpc) is 1.96. The number of hydrogen-bond acceptors (Lipinski definition) is 1. The molecule has 66 valence electrons. The molecule has 0 aromatic rings. The molecule has 1 aliphatic carbocycles. The number of rotatable bonds is 2. The first-order chi connectivity index (χ1) is 5.65. The standard InChI is InChI=1S/C11H16O/c1-8-6-9(2)11(4-5-12)10(3)7-8/h5-6,8H,4,7H2,1-3H3. The predicted octanol–water partition coefficient (Wildman–Crippen LogP) is 2.88. The Labute approximate surface area is 74.2 Å². The fraction of sp³-hybridized carbons (Fsp3) is 0.545. The lowest BCUT2D eigenvalue weighted by Crippen LogP contribution is -2.04. The van der Waals surface area contributed by atoms with Gasteiger partial charge >= 0.3 is 0 Å². The first-order valence-corrected chi connectivity index (χ1v) is 4.46. The van der Waals surface area contributed by atoms with Crippen molar-refractivity contribution < 1.29 is 4.79 Å². The van der Waals surface area contributed by atoms with Crippen molar-refractivity contribution in [1.82, 2.24) is 0 Å². The molecule has 0 bridgehead atoms. The highest BCUT2D eigenvalue weighted by atomic mass is 16.1. The van der Waals surface area contributed by atoms with Crippen LogP contribution in [0.25, 0.3) is 0 Å². The van der Waals surface area contributed by atoms with Crippen LogP contribution < -0.4 is 0 Å². The summed E-state index contributed by atoms with van der Waals surface area (Å²) < 4.78 is 0. The predicted molar refractivity (Wildman–Crippen MR) is 50.9 cm³/mol. The van der Waals surface area contributed by atoms with Crippen LogP contribution in [0.4, 0.5) is 0 Å². The molecule has 0 spiro atoms. The van der Waals surface area contributed by atoms with Crippen molar-refractivity contribution in [3.63, 3.8) is 0 Å². The Balaban J connectivity index is 2.88. The largest absolute Gasteiger partial charge is 0.303 e. The lowest BCUT2D eigenvalue weighted by molar-refractivity contribution is -0.107. The van der Waals surface area contributed by atoms with Crippen LogP contribution in [0.5, 0.6) is 0 Å². The van der Waals surface area contributed by atoms with E-state index in [9.17, 15) is 4.79 Å². The molecule has 12 heavy (non-hydrogen) atoms. The highest BCUT2D eigenvalue weighted by Crippen LogP contribution is 2.29. The second kappa shape index (κ2) is 3.70. The molecule has 0 amide bonds. The second-order valence-corrected chi connectivity index (χ2v) is 3.66. The fourth-order valence-electron chi connectivity index (χ4n) is 1.95. The van der Waals surface area contributed by atoms with E-state index in [-0.39, 0.29) is 0 Å². The van der Waals surface area contributed by atoms with E-state index in [2.05, 4.69) is 26.8 Å². The summed E-state index contributed by atoms with van der Waals surface area (Å²) in [6.45, 7) is 6.44. The van der Waals surface area contributed by atoms with Gasteiger partial charge < -0.3 is 4.79 Å². The van der Waals surface area contributed by atoms with Crippen molar-refractivity contribution in [2.75, 3.05) is 0 Å². The summed E-state index contributed by atoms with van der Waals surface area (Å²) in [7, 11) is 0. The third kappa shape index (κ3) is 1.84. The summed E-state index contributed by atoms with van der Waals surface area (Å²) in [5.41, 5.74) is 3.93. The van der Waals surface area contributed by atoms with Gasteiger partial charge in [-0.2, -0.15) is 0 Å². The fourth-order valence-corrected chi connectivity index (χ4v) is 1.95. The maximum atomic E-state index is 10.4. The van der Waals surface area contributed by atoms with Crippen molar-refractivity contribution in [2.24, 2.45) is 5.92 Å². The Morgan fingerprint density at radius 3 is 2.75 bits per heavy atom. The smallest absolute Gasteiger partial charge is 0.124 e. The summed E-state index contributed by atoms with van der Waals surface area (Å²) in [5.74, 6) is 0.639. The number of carbonyl (C=O) groups excluding carboxylic acids is 1. The SMILES string of the molecule is CC1=CC(C)CC(C)=C1CC=O. The highest BCUT2D eigenvalue weighted by molar-refractivity contribution is 5.59. The van der Waals surface area contributed by atoms with Gasteiger partial charge in [0.05, 0.1) is 0 Å². The Hall–Kier alpha value is -0.850. The van der Waals surface area contributed by atoms with Crippen LogP contribution in [0.1, 0.15) is 33.6 Å². The maximum absolute atomic E-state index is 10.4. The van der Waals surface area contributed by atoms with Crippen LogP contribution in [-0.4, -0.2) is 6.29 Å². The van der Waals surface area contributed by atoms with Gasteiger partial charge in [0.1, 0.15) is 6.29 Å². The van der Waals surface area contributed by atoms with Gasteiger partial charge in [0.25, 0.3) is 0 Å². The van der Waals surface area contributed by atoms with E-state index in [1.165, 1.54) is 16.7 Å². The minimum atomic E-state index is 0.584. The van der Waals surface area contributed by atoms with Gasteiger partial charge in [-0.15, -0.1) is 0 Å². The summed E-state index contributed by atoms with van der Waals surface area (Å²) in [5, 5.41) is 0. The van der Waals surface area contributed by atoms with E-state index >= 15 is 0 Å². The quantitative estimate of drug-likeness (QED) is 0.573. The summed E-state index contributed by atoms with van der Waals surface area (Å²) in [6, 6.07) is 0. The molecular formula is C11H16O. The minimum Gasteiger partial charge on any atom is -0.303 e. The molecule has 0 N–H and O–H groups in total. The van der Waals surface area contributed by atoms with Gasteiger partial charge in [-0.05, 0) is 31.8 Å². The van der Waals surface area contributed by atoms with Gasteiger partial charge in [-0.1, -0.05) is 24.1 Å². The average molecular weight is 164 g/mol. The molecule has 0 aromatic carbocycles. The normalized spacial score (nSPS) is 23.9. The second-order valence-electron chi connectivity index (χ2n) is 3.66. The first kappa shape index (κ1) is 9.24. The zero-order valence-corrected chi connectivity index (χ0v) is 8.05. The van der Waals surface area contributed by atoms with Crippen LogP contribution in [0.3, 0.4) is 0 Å². The Morgan fingerprint density at radius 2 is 2.25 bits per heavy atom. The van der Waals surface area contributed by atoms with E-state index in [0.717, 1.165) is 12.7 Å². The zero-order chi connectivity index (χ0) is 9.14. The third-order valence-corrected chi connectivity index (χ3v) is 2.44. The summed E-state index contributed by atoms with van der Waals surface area (Å²) in [6.07, 6.45) is 4.94. The van der Waals surface area contributed by atoms with E-state index in [1.807, 2.05) is 0 Å².